The summed E-state index contributed by atoms with van der Waals surface area (Å²) in [6, 6.07) is 30.3. The fourth-order valence-corrected chi connectivity index (χ4v) is 12.9. The van der Waals surface area contributed by atoms with Crippen molar-refractivity contribution in [2.75, 3.05) is 26.4 Å². The van der Waals surface area contributed by atoms with E-state index in [4.69, 9.17) is 18.9 Å². The summed E-state index contributed by atoms with van der Waals surface area (Å²) in [4.78, 5) is 4.23. The maximum atomic E-state index is 13.7. The van der Waals surface area contributed by atoms with E-state index >= 15 is 0 Å². The first-order valence-corrected chi connectivity index (χ1v) is 31.6. The Bertz CT molecular complexity index is 4080. The average Bonchev–Trinajstić information content (AvgIpc) is 1.62. The topological polar surface area (TPSA) is 91.0 Å². The summed E-state index contributed by atoms with van der Waals surface area (Å²) in [5.41, 5.74) is 12.5. The zero-order valence-electron chi connectivity index (χ0n) is 59.4. The minimum atomic E-state index is -2.83. The number of ether oxygens (including phenoxy) is 4. The third-order valence-electron chi connectivity index (χ3n) is 17.5. The molecule has 4 aliphatic heterocycles. The van der Waals surface area contributed by atoms with E-state index in [1.54, 1.807) is 16.7 Å². The van der Waals surface area contributed by atoms with Crippen LogP contribution in [0.3, 0.4) is 0 Å². The SMILES string of the molecule is CC(C)(C)c1c[n-]c2c(O)cccc12.CC(C)(C)c1cn2c3c(cccc13)OCC(F)(F)C2.CC(C)(C)c1cn2c3c(cccc13)OCCC2.CC(C)(C)c1cn2c3c(cccc13)OCCC2(C)C.CC1(C)COc2cccc3c(C(C)(C)C)cn(c23)C1.[Y].[Y].[Y].[Y].[Y].[Y]. The van der Waals surface area contributed by atoms with Crippen molar-refractivity contribution >= 4 is 54.5 Å². The van der Waals surface area contributed by atoms with Gasteiger partial charge in [0.25, 0.3) is 5.92 Å². The Balaban J connectivity index is 0.000000247. The van der Waals surface area contributed by atoms with Gasteiger partial charge in [0.15, 0.2) is 6.61 Å². The number of hydrogen-bond acceptors (Lipinski definition) is 5. The number of alkyl halides is 2. The molecule has 5 aromatic heterocycles. The van der Waals surface area contributed by atoms with E-state index in [1.807, 2.05) is 36.7 Å². The van der Waals surface area contributed by atoms with Crippen LogP contribution in [0.2, 0.25) is 0 Å². The summed E-state index contributed by atoms with van der Waals surface area (Å²) in [5.74, 6) is 1.07. The number of rotatable bonds is 0. The van der Waals surface area contributed by atoms with Gasteiger partial charge in [-0.15, -0.1) is 0 Å². The molecule has 488 valence electrons. The van der Waals surface area contributed by atoms with Crippen molar-refractivity contribution in [3.63, 3.8) is 0 Å². The van der Waals surface area contributed by atoms with E-state index in [0.29, 0.717) is 11.3 Å². The third-order valence-corrected chi connectivity index (χ3v) is 17.5. The Kier molecular flexibility index (Phi) is 29.8. The largest absolute Gasteiger partial charge is 0.660 e. The van der Waals surface area contributed by atoms with Gasteiger partial charge in [0.1, 0.15) is 28.7 Å². The monoisotopic (exact) mass is 1730 g/mol. The van der Waals surface area contributed by atoms with E-state index in [-0.39, 0.29) is 247 Å². The molecule has 0 atom stereocenters. The van der Waals surface area contributed by atoms with Crippen LogP contribution in [-0.4, -0.2) is 55.7 Å². The number of fused-ring (bicyclic) bond motifs is 1. The minimum Gasteiger partial charge on any atom is -0.660 e. The van der Waals surface area contributed by atoms with Crippen LogP contribution in [0.25, 0.3) is 54.5 Å². The van der Waals surface area contributed by atoms with Gasteiger partial charge >= 0.3 is 0 Å². The van der Waals surface area contributed by atoms with Crippen LogP contribution < -0.4 is 23.9 Å². The number of benzene rings is 5. The van der Waals surface area contributed by atoms with Crippen molar-refractivity contribution in [1.82, 2.24) is 23.3 Å². The molecule has 9 heterocycles. The first kappa shape index (κ1) is 85.7. The molecule has 0 unspecified atom stereocenters. The first-order valence-electron chi connectivity index (χ1n) is 31.6. The second-order valence-corrected chi connectivity index (χ2v) is 31.4. The van der Waals surface area contributed by atoms with Gasteiger partial charge in [-0.1, -0.05) is 189 Å². The number of para-hydroxylation sites is 5. The Morgan fingerprint density at radius 2 is 0.798 bits per heavy atom. The molecule has 0 saturated heterocycles. The van der Waals surface area contributed by atoms with Crippen LogP contribution in [-0.2, 0) is 249 Å². The predicted octanol–water partition coefficient (Wildman–Crippen LogP) is 19.3. The number of aromatic hydroxyl groups is 1. The van der Waals surface area contributed by atoms with Crippen LogP contribution in [0.5, 0.6) is 28.7 Å². The number of hydrogen-bond donors (Lipinski definition) is 1. The number of aromatic nitrogens is 5. The van der Waals surface area contributed by atoms with Gasteiger partial charge in [-0.25, -0.2) is 8.78 Å². The van der Waals surface area contributed by atoms with E-state index < -0.39 is 12.5 Å². The molecule has 14 rings (SSSR count). The van der Waals surface area contributed by atoms with Crippen LogP contribution in [0.15, 0.2) is 122 Å². The molecule has 0 saturated carbocycles. The summed E-state index contributed by atoms with van der Waals surface area (Å²) in [6.45, 7) is 45.9. The van der Waals surface area contributed by atoms with Crippen LogP contribution in [0, 0.1) is 5.41 Å². The van der Waals surface area contributed by atoms with Crippen molar-refractivity contribution in [1.29, 1.82) is 0 Å². The van der Waals surface area contributed by atoms with Gasteiger partial charge in [-0.2, -0.15) is 6.20 Å². The fourth-order valence-electron chi connectivity index (χ4n) is 12.9. The van der Waals surface area contributed by atoms with Crippen molar-refractivity contribution < 1.29 is 229 Å². The summed E-state index contributed by atoms with van der Waals surface area (Å²) in [5, 5.41) is 15.7. The Hall–Kier alpha value is -0.717. The van der Waals surface area contributed by atoms with E-state index in [2.05, 4.69) is 223 Å². The standard InChI is InChI=1S/2C17H23NO.C15H17F2NO.C15H19NO.C12H14NO.6Y/c1-16(2,3)13-9-18-10-17(4,5)11-19-14-8-6-7-12(13)15(14)18;1-16(2,3)13-11-18-15-12(13)7-6-8-14(15)19-10-9-17(18,4)5;1-14(2,3)11-7-18-8-15(16,17)9-19-12-6-4-5-10(11)13(12)18;1-15(2,3)12-10-16-8-5-9-17-13-7-4-6-11(12)14(13)16;1-12(2,3)9-7-13-11-8(9)5-4-6-10(11)14;;;;;;/h6-9H,10-11H2,1-5H3;6-8,11H,9-10H2,1-5H3;4-7H,8-9H2,1-3H3;4,6-7,10H,5,8-9H2,1-3H3;4-7,14H,1-3H3;;;;;;/q;;;;-1;;;;;;. The molecule has 0 amide bonds. The summed E-state index contributed by atoms with van der Waals surface area (Å²) >= 11 is 0. The average molecular weight is 1730 g/mol. The molecule has 1 N–H and O–H groups in total. The number of nitrogens with zero attached hydrogens (tertiary/aromatic N) is 5. The van der Waals surface area contributed by atoms with Gasteiger partial charge in [-0.3, -0.25) is 0 Å². The molecule has 94 heavy (non-hydrogen) atoms. The Morgan fingerprint density at radius 1 is 0.426 bits per heavy atom. The van der Waals surface area contributed by atoms with E-state index in [1.165, 1.54) is 55.0 Å². The van der Waals surface area contributed by atoms with Crippen molar-refractivity contribution in [2.24, 2.45) is 5.41 Å². The fraction of sp³-hybridized carbons (Fsp3) is 0.474. The Labute approximate surface area is 709 Å². The Morgan fingerprint density at radius 3 is 1.28 bits per heavy atom. The zero-order chi connectivity index (χ0) is 63.9. The molecule has 10 aromatic rings. The summed E-state index contributed by atoms with van der Waals surface area (Å²) < 4.78 is 59.4. The molecule has 4 aliphatic rings. The van der Waals surface area contributed by atoms with Crippen LogP contribution >= 0.6 is 0 Å². The molecule has 0 aliphatic carbocycles. The maximum absolute atomic E-state index is 13.7. The number of aryl methyl sites for hydroxylation is 1. The molecule has 5 aromatic carbocycles. The second-order valence-electron chi connectivity index (χ2n) is 31.4. The first-order chi connectivity index (χ1) is 40.9. The molecule has 0 fully saturated rings. The molecular weight excluding hydrogens is 1630 g/mol. The van der Waals surface area contributed by atoms with Crippen LogP contribution in [0.1, 0.15) is 172 Å². The third kappa shape index (κ3) is 18.9. The summed E-state index contributed by atoms with van der Waals surface area (Å²) in [6.07, 6.45) is 12.8. The smallest absolute Gasteiger partial charge is 0.298 e. The number of halogens is 2. The normalized spacial score (nSPS) is 15.7. The number of phenolic OH excluding ortho intramolecular Hbond substituents is 1. The van der Waals surface area contributed by atoms with Crippen molar-refractivity contribution in [2.45, 2.75) is 203 Å². The van der Waals surface area contributed by atoms with Crippen molar-refractivity contribution in [3.8, 4) is 28.7 Å². The van der Waals surface area contributed by atoms with Crippen LogP contribution in [0.4, 0.5) is 8.78 Å². The van der Waals surface area contributed by atoms with Gasteiger partial charge < -0.3 is 47.3 Å². The van der Waals surface area contributed by atoms with Crippen molar-refractivity contribution in [3.05, 3.63) is 150 Å². The molecule has 18 heteroatoms. The zero-order valence-corrected chi connectivity index (χ0v) is 76.5. The van der Waals surface area contributed by atoms with E-state index in [0.717, 1.165) is 84.9 Å². The predicted molar refractivity (Wildman–Crippen MR) is 359 cm³/mol. The molecule has 10 nitrogen and oxygen atoms in total. The molecule has 6 radical (unpaired) electrons. The molecule has 0 spiro atoms. The van der Waals surface area contributed by atoms with Gasteiger partial charge in [0, 0.05) is 273 Å². The molecular formula is C76H96F2N5O5Y6-. The van der Waals surface area contributed by atoms with Gasteiger partial charge in [0.05, 0.1) is 48.4 Å². The quantitative estimate of drug-likeness (QED) is 0.163. The second kappa shape index (κ2) is 32.7. The van der Waals surface area contributed by atoms with E-state index in [9.17, 15) is 13.9 Å². The van der Waals surface area contributed by atoms with Gasteiger partial charge in [0.2, 0.25) is 0 Å². The minimum absolute atomic E-state index is 0. The van der Waals surface area contributed by atoms with Gasteiger partial charge in [-0.05, 0) is 105 Å². The molecule has 0 bridgehead atoms. The summed E-state index contributed by atoms with van der Waals surface area (Å²) in [7, 11) is 0. The number of phenols is 1. The maximum Gasteiger partial charge on any atom is 0.298 e.